The molecule has 0 saturated carbocycles. The van der Waals surface area contributed by atoms with Crippen molar-refractivity contribution >= 4 is 11.9 Å². The number of hydrogen-bond acceptors (Lipinski definition) is 4. The second kappa shape index (κ2) is 7.33. The highest BCUT2D eigenvalue weighted by molar-refractivity contribution is 5.85. The molecule has 0 spiro atoms. The van der Waals surface area contributed by atoms with Gasteiger partial charge in [-0.2, -0.15) is 0 Å². The number of aliphatic carboxylic acids is 1. The van der Waals surface area contributed by atoms with Gasteiger partial charge in [-0.1, -0.05) is 6.92 Å². The fourth-order valence-electron chi connectivity index (χ4n) is 2.03. The molecule has 1 aliphatic heterocycles. The Balaban J connectivity index is 2.56. The number of carbonyl (C=O) groups excluding carboxylic acids is 1. The molecular weight excluding hydrogens is 238 g/mol. The lowest BCUT2D eigenvalue weighted by molar-refractivity contribution is -0.146. The third kappa shape index (κ3) is 4.27. The monoisotopic (exact) mass is 259 g/mol. The summed E-state index contributed by atoms with van der Waals surface area (Å²) < 4.78 is 10.1. The molecule has 0 bridgehead atoms. The number of carboxylic acid groups (broad SMARTS) is 1. The number of rotatable bonds is 6. The first-order chi connectivity index (χ1) is 8.56. The van der Waals surface area contributed by atoms with Crippen molar-refractivity contribution < 1.29 is 24.2 Å². The molecule has 3 unspecified atom stereocenters. The molecule has 0 aromatic rings. The Morgan fingerprint density at radius 1 is 1.56 bits per heavy atom. The average molecular weight is 259 g/mol. The highest BCUT2D eigenvalue weighted by atomic mass is 16.5. The van der Waals surface area contributed by atoms with E-state index in [4.69, 9.17) is 9.47 Å². The summed E-state index contributed by atoms with van der Waals surface area (Å²) in [6, 6.07) is -0.878. The van der Waals surface area contributed by atoms with Gasteiger partial charge in [0, 0.05) is 19.6 Å². The molecular formula is C12H21NO5. The lowest BCUT2D eigenvalue weighted by atomic mass is 9.93. The number of amides is 1. The van der Waals surface area contributed by atoms with Crippen LogP contribution in [0.15, 0.2) is 0 Å². The van der Waals surface area contributed by atoms with Crippen LogP contribution in [0.25, 0.3) is 0 Å². The summed E-state index contributed by atoms with van der Waals surface area (Å²) in [4.78, 5) is 23.0. The fourth-order valence-corrected chi connectivity index (χ4v) is 2.03. The number of ether oxygens (including phenoxy) is 2. The van der Waals surface area contributed by atoms with E-state index in [2.05, 4.69) is 5.32 Å². The van der Waals surface area contributed by atoms with Crippen molar-refractivity contribution in [1.29, 1.82) is 0 Å². The topological polar surface area (TPSA) is 84.9 Å². The van der Waals surface area contributed by atoms with Crippen molar-refractivity contribution in [3.05, 3.63) is 0 Å². The van der Waals surface area contributed by atoms with Crippen LogP contribution >= 0.6 is 0 Å². The van der Waals surface area contributed by atoms with Gasteiger partial charge in [-0.15, -0.1) is 0 Å². The molecule has 0 radical (unpaired) electrons. The van der Waals surface area contributed by atoms with Gasteiger partial charge in [0.15, 0.2) is 0 Å². The Bertz CT molecular complexity index is 288. The summed E-state index contributed by atoms with van der Waals surface area (Å²) in [5.74, 6) is -1.82. The zero-order valence-electron chi connectivity index (χ0n) is 10.8. The SMILES string of the molecule is COCC(C)C(=O)NC(C(=O)O)C1CCCOC1. The number of methoxy groups -OCH3 is 1. The van der Waals surface area contributed by atoms with Crippen LogP contribution in [-0.2, 0) is 19.1 Å². The molecule has 1 fully saturated rings. The maximum Gasteiger partial charge on any atom is 0.326 e. The highest BCUT2D eigenvalue weighted by Gasteiger charge is 2.32. The third-order valence-corrected chi connectivity index (χ3v) is 3.09. The Kier molecular flexibility index (Phi) is 6.07. The molecule has 18 heavy (non-hydrogen) atoms. The number of carboxylic acids is 1. The van der Waals surface area contributed by atoms with Crippen LogP contribution in [0.3, 0.4) is 0 Å². The Morgan fingerprint density at radius 3 is 2.78 bits per heavy atom. The average Bonchev–Trinajstić information content (AvgIpc) is 2.36. The maximum atomic E-state index is 11.8. The molecule has 1 heterocycles. The van der Waals surface area contributed by atoms with Gasteiger partial charge >= 0.3 is 5.97 Å². The van der Waals surface area contributed by atoms with Crippen molar-refractivity contribution in [2.75, 3.05) is 26.9 Å². The molecule has 0 aromatic carbocycles. The molecule has 6 heteroatoms. The fraction of sp³-hybridized carbons (Fsp3) is 0.833. The van der Waals surface area contributed by atoms with Gasteiger partial charge in [0.2, 0.25) is 5.91 Å². The van der Waals surface area contributed by atoms with E-state index < -0.39 is 12.0 Å². The number of nitrogens with one attached hydrogen (secondary N) is 1. The summed E-state index contributed by atoms with van der Waals surface area (Å²) in [6.45, 7) is 3.03. The minimum Gasteiger partial charge on any atom is -0.480 e. The third-order valence-electron chi connectivity index (χ3n) is 3.09. The van der Waals surface area contributed by atoms with Gasteiger partial charge in [-0.05, 0) is 12.8 Å². The van der Waals surface area contributed by atoms with E-state index >= 15 is 0 Å². The van der Waals surface area contributed by atoms with E-state index in [0.29, 0.717) is 13.2 Å². The molecule has 0 aromatic heterocycles. The van der Waals surface area contributed by atoms with Gasteiger partial charge in [0.25, 0.3) is 0 Å². The minimum atomic E-state index is -1.01. The van der Waals surface area contributed by atoms with E-state index in [1.807, 2.05) is 0 Å². The highest BCUT2D eigenvalue weighted by Crippen LogP contribution is 2.18. The van der Waals surface area contributed by atoms with E-state index in [0.717, 1.165) is 12.8 Å². The molecule has 0 aliphatic carbocycles. The van der Waals surface area contributed by atoms with Crippen LogP contribution in [0, 0.1) is 11.8 Å². The van der Waals surface area contributed by atoms with E-state index in [-0.39, 0.29) is 24.3 Å². The summed E-state index contributed by atoms with van der Waals surface area (Å²) in [6.07, 6.45) is 1.59. The van der Waals surface area contributed by atoms with Gasteiger partial charge in [-0.25, -0.2) is 4.79 Å². The number of hydrogen-bond donors (Lipinski definition) is 2. The first-order valence-electron chi connectivity index (χ1n) is 6.16. The summed E-state index contributed by atoms with van der Waals surface area (Å²) >= 11 is 0. The van der Waals surface area contributed by atoms with Crippen LogP contribution in [0.2, 0.25) is 0 Å². The maximum absolute atomic E-state index is 11.8. The predicted molar refractivity (Wildman–Crippen MR) is 64.1 cm³/mol. The minimum absolute atomic E-state index is 0.157. The first-order valence-corrected chi connectivity index (χ1v) is 6.16. The normalized spacial score (nSPS) is 23.1. The molecule has 2 N–H and O–H groups in total. The molecule has 1 saturated heterocycles. The molecule has 6 nitrogen and oxygen atoms in total. The first kappa shape index (κ1) is 14.9. The Labute approximate surface area is 107 Å². The van der Waals surface area contributed by atoms with Crippen LogP contribution in [-0.4, -0.2) is 50.0 Å². The van der Waals surface area contributed by atoms with Crippen LogP contribution in [0.1, 0.15) is 19.8 Å². The van der Waals surface area contributed by atoms with Crippen molar-refractivity contribution in [2.45, 2.75) is 25.8 Å². The molecule has 1 amide bonds. The Hall–Kier alpha value is -1.14. The smallest absolute Gasteiger partial charge is 0.326 e. The van der Waals surface area contributed by atoms with Crippen LogP contribution in [0.5, 0.6) is 0 Å². The van der Waals surface area contributed by atoms with E-state index in [1.165, 1.54) is 7.11 Å². The molecule has 104 valence electrons. The largest absolute Gasteiger partial charge is 0.480 e. The quantitative estimate of drug-likeness (QED) is 0.715. The predicted octanol–water partition coefficient (Wildman–Crippen LogP) is 0.265. The zero-order valence-corrected chi connectivity index (χ0v) is 10.8. The summed E-state index contributed by atoms with van der Waals surface area (Å²) in [5.41, 5.74) is 0. The van der Waals surface area contributed by atoms with Crippen molar-refractivity contribution in [1.82, 2.24) is 5.32 Å². The summed E-state index contributed by atoms with van der Waals surface area (Å²) in [5, 5.41) is 11.8. The Morgan fingerprint density at radius 2 is 2.28 bits per heavy atom. The van der Waals surface area contributed by atoms with Crippen molar-refractivity contribution in [3.8, 4) is 0 Å². The van der Waals surface area contributed by atoms with Crippen molar-refractivity contribution in [2.24, 2.45) is 11.8 Å². The second-order valence-corrected chi connectivity index (χ2v) is 4.66. The van der Waals surface area contributed by atoms with E-state index in [1.54, 1.807) is 6.92 Å². The zero-order chi connectivity index (χ0) is 13.5. The van der Waals surface area contributed by atoms with E-state index in [9.17, 15) is 14.7 Å². The van der Waals surface area contributed by atoms with Crippen molar-refractivity contribution in [3.63, 3.8) is 0 Å². The lowest BCUT2D eigenvalue weighted by Gasteiger charge is -2.28. The van der Waals surface area contributed by atoms with Gasteiger partial charge in [-0.3, -0.25) is 4.79 Å². The molecule has 1 rings (SSSR count). The van der Waals surface area contributed by atoms with Gasteiger partial charge in [0.1, 0.15) is 6.04 Å². The summed E-state index contributed by atoms with van der Waals surface area (Å²) in [7, 11) is 1.51. The number of carbonyl (C=O) groups is 2. The standard InChI is InChI=1S/C12H21NO5/c1-8(6-17-2)11(14)13-10(12(15)16)9-4-3-5-18-7-9/h8-10H,3-7H2,1-2H3,(H,13,14)(H,15,16). The molecule has 3 atom stereocenters. The van der Waals surface area contributed by atoms with Crippen LogP contribution in [0.4, 0.5) is 0 Å². The van der Waals surface area contributed by atoms with Gasteiger partial charge < -0.3 is 19.9 Å². The molecule has 1 aliphatic rings. The van der Waals surface area contributed by atoms with Gasteiger partial charge in [0.05, 0.1) is 19.1 Å². The van der Waals surface area contributed by atoms with Crippen LogP contribution < -0.4 is 5.32 Å². The second-order valence-electron chi connectivity index (χ2n) is 4.66. The lowest BCUT2D eigenvalue weighted by Crippen LogP contribution is -2.50.